The lowest BCUT2D eigenvalue weighted by Crippen LogP contribution is -2.39. The highest BCUT2D eigenvalue weighted by molar-refractivity contribution is 5.83. The monoisotopic (exact) mass is 684 g/mol. The van der Waals surface area contributed by atoms with E-state index in [2.05, 4.69) is 10.6 Å². The second kappa shape index (κ2) is 26.6. The molecule has 14 nitrogen and oxygen atoms in total. The molecule has 0 aliphatic carbocycles. The molecule has 0 radical (unpaired) electrons. The van der Waals surface area contributed by atoms with Gasteiger partial charge in [-0.05, 0) is 48.2 Å². The van der Waals surface area contributed by atoms with Crippen LogP contribution >= 0.6 is 0 Å². The number of nitrogens with one attached hydrogen (secondary N) is 2. The molecule has 48 heavy (non-hydrogen) atoms. The second-order valence-electron chi connectivity index (χ2n) is 11.4. The van der Waals surface area contributed by atoms with Crippen LogP contribution in [0.4, 0.5) is 0 Å². The molecule has 0 saturated carbocycles. The molecular formula is C34H56N2O12. The summed E-state index contributed by atoms with van der Waals surface area (Å²) in [7, 11) is 3.40. The molecule has 2 rings (SSSR count). The number of ether oxygens (including phenoxy) is 4. The zero-order valence-corrected chi connectivity index (χ0v) is 28.9. The van der Waals surface area contributed by atoms with E-state index in [4.69, 9.17) is 39.4 Å². The Morgan fingerprint density at radius 1 is 0.604 bits per heavy atom. The predicted molar refractivity (Wildman–Crippen MR) is 181 cm³/mol. The van der Waals surface area contributed by atoms with Gasteiger partial charge in [-0.2, -0.15) is 0 Å². The number of hydrogen-bond acceptors (Lipinski definition) is 12. The van der Waals surface area contributed by atoms with Crippen molar-refractivity contribution < 1.29 is 59.2 Å². The summed E-state index contributed by atoms with van der Waals surface area (Å²) in [6, 6.07) is 16.5. The van der Waals surface area contributed by atoms with Crippen LogP contribution in [0.5, 0.6) is 11.5 Å². The minimum atomic E-state index is -2.27. The normalized spacial score (nSPS) is 13.3. The van der Waals surface area contributed by atoms with Crippen molar-refractivity contribution in [2.45, 2.75) is 77.0 Å². The molecule has 2 aromatic rings. The first kappa shape index (κ1) is 44.7. The third kappa shape index (κ3) is 23.1. The molecule has 0 aliphatic rings. The first-order valence-corrected chi connectivity index (χ1v) is 15.8. The first-order valence-electron chi connectivity index (χ1n) is 15.8. The van der Waals surface area contributed by atoms with Gasteiger partial charge in [-0.1, -0.05) is 52.0 Å². The molecule has 0 unspecified atom stereocenters. The van der Waals surface area contributed by atoms with Gasteiger partial charge >= 0.3 is 11.9 Å². The van der Waals surface area contributed by atoms with E-state index in [1.807, 2.05) is 76.2 Å². The molecule has 2 aromatic carbocycles. The lowest BCUT2D eigenvalue weighted by Gasteiger charge is -2.15. The number of benzene rings is 2. The van der Waals surface area contributed by atoms with Gasteiger partial charge in [0, 0.05) is 39.4 Å². The zero-order chi connectivity index (χ0) is 36.5. The van der Waals surface area contributed by atoms with Crippen LogP contribution < -0.4 is 20.1 Å². The Bertz CT molecular complexity index is 1010. The van der Waals surface area contributed by atoms with E-state index in [0.717, 1.165) is 37.6 Å². The number of aliphatic carboxylic acids is 2. The molecular weight excluding hydrogens is 628 g/mol. The van der Waals surface area contributed by atoms with Crippen LogP contribution in [0.15, 0.2) is 48.5 Å². The molecule has 0 amide bonds. The van der Waals surface area contributed by atoms with E-state index in [1.54, 1.807) is 14.2 Å². The van der Waals surface area contributed by atoms with Crippen LogP contribution in [-0.4, -0.2) is 133 Å². The molecule has 14 heteroatoms. The van der Waals surface area contributed by atoms with Crippen LogP contribution in [-0.2, 0) is 31.9 Å². The Balaban J connectivity index is 0.000000727. The summed E-state index contributed by atoms with van der Waals surface area (Å²) < 4.78 is 21.1. The molecule has 8 N–H and O–H groups in total. The molecule has 0 fully saturated rings. The molecule has 0 bridgehead atoms. The number of hydrogen-bond donors (Lipinski definition) is 8. The fourth-order valence-corrected chi connectivity index (χ4v) is 3.46. The molecule has 0 aliphatic heterocycles. The van der Waals surface area contributed by atoms with Crippen molar-refractivity contribution in [1.29, 1.82) is 0 Å². The summed E-state index contributed by atoms with van der Waals surface area (Å²) in [5.41, 5.74) is 2.44. The number of rotatable bonds is 21. The summed E-state index contributed by atoms with van der Waals surface area (Å²) in [5.74, 6) is -1.97. The van der Waals surface area contributed by atoms with Gasteiger partial charge in [0.2, 0.25) is 0 Å². The van der Waals surface area contributed by atoms with Crippen LogP contribution in [0.3, 0.4) is 0 Å². The van der Waals surface area contributed by atoms with Gasteiger partial charge in [0.1, 0.15) is 36.9 Å². The van der Waals surface area contributed by atoms with Crippen LogP contribution in [0.2, 0.25) is 0 Å². The summed E-state index contributed by atoms with van der Waals surface area (Å²) >= 11 is 0. The Morgan fingerprint density at radius 3 is 1.17 bits per heavy atom. The highest BCUT2D eigenvalue weighted by Gasteiger charge is 2.29. The number of methoxy groups -OCH3 is 2. The Labute approximate surface area is 283 Å². The van der Waals surface area contributed by atoms with E-state index >= 15 is 0 Å². The zero-order valence-electron chi connectivity index (χ0n) is 28.9. The van der Waals surface area contributed by atoms with E-state index in [9.17, 15) is 19.8 Å². The standard InChI is InChI=1S/2C15H25NO3.C4H6O6/c2*1-12(2)16-10-14(17)11-19-15-6-4-13(5-7-15)8-9-18-3;5-1(3(7)8)2(6)4(9)10/h2*4-7,12,14,16-17H,8-11H2,1-3H3;1-2,5-6H,(H,7,8)(H,9,10)/t2*14-;1-,2-/m001/s1. The van der Waals surface area contributed by atoms with Gasteiger partial charge in [-0.3, -0.25) is 0 Å². The Morgan fingerprint density at radius 2 is 0.917 bits per heavy atom. The predicted octanol–water partition coefficient (Wildman–Crippen LogP) is 1.10. The van der Waals surface area contributed by atoms with Crippen molar-refractivity contribution in [2.24, 2.45) is 0 Å². The minimum absolute atomic E-state index is 0.303. The summed E-state index contributed by atoms with van der Waals surface area (Å²) in [6.45, 7) is 11.3. The lowest BCUT2D eigenvalue weighted by molar-refractivity contribution is -0.165. The average molecular weight is 685 g/mol. The van der Waals surface area contributed by atoms with E-state index in [1.165, 1.54) is 11.1 Å². The number of carbonyl (C=O) groups is 2. The average Bonchev–Trinajstić information content (AvgIpc) is 3.06. The molecule has 274 valence electrons. The van der Waals surface area contributed by atoms with Crippen molar-refractivity contribution in [3.63, 3.8) is 0 Å². The quantitative estimate of drug-likeness (QED) is 0.0925. The van der Waals surface area contributed by atoms with Crippen molar-refractivity contribution >= 4 is 11.9 Å². The van der Waals surface area contributed by atoms with Gasteiger partial charge in [0.25, 0.3) is 0 Å². The maximum Gasteiger partial charge on any atom is 0.335 e. The summed E-state index contributed by atoms with van der Waals surface area (Å²) in [5, 5.41) is 58.3. The molecule has 0 spiro atoms. The Hall–Kier alpha value is -3.34. The fraction of sp³-hybridized carbons (Fsp3) is 0.588. The van der Waals surface area contributed by atoms with E-state index < -0.39 is 36.4 Å². The maximum absolute atomic E-state index is 9.77. The number of aliphatic hydroxyl groups is 4. The molecule has 0 aromatic heterocycles. The number of aliphatic hydroxyl groups excluding tert-OH is 4. The van der Waals surface area contributed by atoms with Crippen molar-refractivity contribution in [2.75, 3.05) is 53.7 Å². The van der Waals surface area contributed by atoms with Crippen molar-refractivity contribution in [3.05, 3.63) is 59.7 Å². The third-order valence-electron chi connectivity index (χ3n) is 6.25. The highest BCUT2D eigenvalue weighted by atomic mass is 16.5. The maximum atomic E-state index is 9.77. The third-order valence-corrected chi connectivity index (χ3v) is 6.25. The van der Waals surface area contributed by atoms with Gasteiger partial charge in [0.15, 0.2) is 12.2 Å². The summed E-state index contributed by atoms with van der Waals surface area (Å²) in [6.07, 6.45) is -3.71. The number of carboxylic acid groups (broad SMARTS) is 2. The van der Waals surface area contributed by atoms with Crippen LogP contribution in [0.1, 0.15) is 38.8 Å². The smallest absolute Gasteiger partial charge is 0.335 e. The topological polar surface area (TPSA) is 216 Å². The molecule has 0 saturated heterocycles. The Kier molecular flexibility index (Phi) is 24.7. The molecule has 4 atom stereocenters. The highest BCUT2D eigenvalue weighted by Crippen LogP contribution is 2.14. The van der Waals surface area contributed by atoms with Gasteiger partial charge in [-0.25, -0.2) is 9.59 Å². The fourth-order valence-electron chi connectivity index (χ4n) is 3.46. The summed E-state index contributed by atoms with van der Waals surface area (Å²) in [4.78, 5) is 19.5. The van der Waals surface area contributed by atoms with Crippen molar-refractivity contribution in [1.82, 2.24) is 10.6 Å². The van der Waals surface area contributed by atoms with Crippen LogP contribution in [0.25, 0.3) is 0 Å². The largest absolute Gasteiger partial charge is 0.491 e. The number of carboxylic acids is 2. The van der Waals surface area contributed by atoms with Gasteiger partial charge in [-0.15, -0.1) is 0 Å². The second-order valence-corrected chi connectivity index (χ2v) is 11.4. The van der Waals surface area contributed by atoms with Gasteiger partial charge in [0.05, 0.1) is 13.2 Å². The SMILES string of the molecule is COCCc1ccc(OC[C@@H](O)CNC(C)C)cc1.COCCc1ccc(OC[C@@H](O)CNC(C)C)cc1.O=C(O)[C@H](O)[C@@H](O)C(=O)O. The van der Waals surface area contributed by atoms with E-state index in [-0.39, 0.29) is 0 Å². The van der Waals surface area contributed by atoms with E-state index in [0.29, 0.717) is 38.4 Å². The van der Waals surface area contributed by atoms with Crippen molar-refractivity contribution in [3.8, 4) is 11.5 Å². The lowest BCUT2D eigenvalue weighted by atomic mass is 10.1. The first-order chi connectivity index (χ1) is 22.7. The van der Waals surface area contributed by atoms with Crippen LogP contribution in [0, 0.1) is 0 Å². The van der Waals surface area contributed by atoms with Gasteiger partial charge < -0.3 is 60.2 Å². The minimum Gasteiger partial charge on any atom is -0.491 e. The molecule has 0 heterocycles.